The van der Waals surface area contributed by atoms with E-state index in [1.165, 1.54) is 100 Å². The smallest absolute Gasteiger partial charge is 0.164 e. The molecule has 0 amide bonds. The summed E-state index contributed by atoms with van der Waals surface area (Å²) in [6, 6.07) is 79.2. The zero-order chi connectivity index (χ0) is 45.2. The first-order valence-corrected chi connectivity index (χ1v) is 24.9. The lowest BCUT2D eigenvalue weighted by atomic mass is 9.93. The zero-order valence-electron chi connectivity index (χ0n) is 36.9. The Morgan fingerprint density at radius 3 is 1.39 bits per heavy atom. The summed E-state index contributed by atoms with van der Waals surface area (Å²) in [6.07, 6.45) is 0. The van der Waals surface area contributed by atoms with E-state index in [0.717, 1.165) is 27.8 Å². The molecule has 6 heteroatoms. The molecule has 4 heterocycles. The zero-order valence-corrected chi connectivity index (χ0v) is 38.5. The predicted octanol–water partition coefficient (Wildman–Crippen LogP) is 17.8. The minimum atomic E-state index is 0.646. The molecular weight excluding hydrogens is 877 g/mol. The van der Waals surface area contributed by atoms with Crippen LogP contribution < -0.4 is 0 Å². The van der Waals surface area contributed by atoms with E-state index in [-0.39, 0.29) is 0 Å². The molecule has 0 saturated carbocycles. The van der Waals surface area contributed by atoms with Gasteiger partial charge in [0.1, 0.15) is 0 Å². The third-order valence-electron chi connectivity index (χ3n) is 14.0. The van der Waals surface area contributed by atoms with Crippen LogP contribution in [0.5, 0.6) is 0 Å². The quantitative estimate of drug-likeness (QED) is 0.162. The average molecular weight is 913 g/mol. The Hall–Kier alpha value is -8.55. The first-order chi connectivity index (χ1) is 34.2. The van der Waals surface area contributed by atoms with Crippen LogP contribution >= 0.6 is 22.7 Å². The molecule has 0 radical (unpaired) electrons. The van der Waals surface area contributed by atoms with Gasteiger partial charge in [-0.15, -0.1) is 22.7 Å². The van der Waals surface area contributed by atoms with Gasteiger partial charge in [-0.2, -0.15) is 0 Å². The highest BCUT2D eigenvalue weighted by molar-refractivity contribution is 7.27. The van der Waals surface area contributed by atoms with Crippen LogP contribution in [-0.4, -0.2) is 19.5 Å². The Labute approximate surface area is 403 Å². The fourth-order valence-corrected chi connectivity index (χ4v) is 13.0. The van der Waals surface area contributed by atoms with Crippen LogP contribution in [0.4, 0.5) is 0 Å². The van der Waals surface area contributed by atoms with E-state index in [9.17, 15) is 0 Å². The van der Waals surface area contributed by atoms with Crippen molar-refractivity contribution in [3.63, 3.8) is 0 Å². The van der Waals surface area contributed by atoms with Crippen LogP contribution in [0.2, 0.25) is 0 Å². The van der Waals surface area contributed by atoms with E-state index in [0.29, 0.717) is 17.5 Å². The van der Waals surface area contributed by atoms with Gasteiger partial charge < -0.3 is 4.57 Å². The topological polar surface area (TPSA) is 43.6 Å². The normalized spacial score (nSPS) is 12.1. The second kappa shape index (κ2) is 15.0. The Morgan fingerprint density at radius 2 is 0.696 bits per heavy atom. The lowest BCUT2D eigenvalue weighted by Crippen LogP contribution is -2.00. The molecule has 0 unspecified atom stereocenters. The molecule has 4 nitrogen and oxygen atoms in total. The summed E-state index contributed by atoms with van der Waals surface area (Å²) in [5.74, 6) is 1.95. The van der Waals surface area contributed by atoms with Crippen LogP contribution in [0.25, 0.3) is 145 Å². The highest BCUT2D eigenvalue weighted by Gasteiger charge is 2.19. The monoisotopic (exact) mass is 912 g/mol. The fourth-order valence-electron chi connectivity index (χ4n) is 10.8. The van der Waals surface area contributed by atoms with Crippen molar-refractivity contribution in [3.05, 3.63) is 218 Å². The van der Waals surface area contributed by atoms with Gasteiger partial charge in [0, 0.05) is 73.5 Å². The molecule has 15 aromatic rings. The van der Waals surface area contributed by atoms with Gasteiger partial charge in [-0.1, -0.05) is 152 Å². The molecule has 69 heavy (non-hydrogen) atoms. The maximum absolute atomic E-state index is 5.07. The minimum absolute atomic E-state index is 0.646. The first-order valence-electron chi connectivity index (χ1n) is 23.2. The summed E-state index contributed by atoms with van der Waals surface area (Å²) in [5.41, 5.74) is 8.80. The number of rotatable bonds is 5. The molecule has 0 aliphatic carbocycles. The predicted molar refractivity (Wildman–Crippen MR) is 294 cm³/mol. The summed E-state index contributed by atoms with van der Waals surface area (Å²) >= 11 is 3.78. The summed E-state index contributed by atoms with van der Waals surface area (Å²) in [7, 11) is 0. The van der Waals surface area contributed by atoms with Crippen molar-refractivity contribution in [2.24, 2.45) is 0 Å². The van der Waals surface area contributed by atoms with Crippen molar-refractivity contribution in [1.82, 2.24) is 19.5 Å². The van der Waals surface area contributed by atoms with Crippen LogP contribution in [0, 0.1) is 0 Å². The summed E-state index contributed by atoms with van der Waals surface area (Å²) in [4.78, 5) is 15.1. The largest absolute Gasteiger partial charge is 0.309 e. The lowest BCUT2D eigenvalue weighted by molar-refractivity contribution is 1.07. The Balaban J connectivity index is 0.861. The molecule has 0 bridgehead atoms. The molecule has 15 rings (SSSR count). The maximum Gasteiger partial charge on any atom is 0.164 e. The molecule has 4 aromatic heterocycles. The highest BCUT2D eigenvalue weighted by atomic mass is 32.1. The van der Waals surface area contributed by atoms with Crippen LogP contribution in [0.1, 0.15) is 0 Å². The summed E-state index contributed by atoms with van der Waals surface area (Å²) in [5, 5.41) is 15.0. The van der Waals surface area contributed by atoms with Crippen LogP contribution in [0.15, 0.2) is 218 Å². The average Bonchev–Trinajstić information content (AvgIpc) is 4.08. The van der Waals surface area contributed by atoms with E-state index < -0.39 is 0 Å². The van der Waals surface area contributed by atoms with Gasteiger partial charge >= 0.3 is 0 Å². The van der Waals surface area contributed by atoms with Gasteiger partial charge in [0.05, 0.1) is 11.0 Å². The first kappa shape index (κ1) is 38.5. The fraction of sp³-hybridized carbons (Fsp3) is 0. The van der Waals surface area contributed by atoms with E-state index in [1.807, 2.05) is 59.1 Å². The van der Waals surface area contributed by atoms with Gasteiger partial charge in [0.15, 0.2) is 17.5 Å². The summed E-state index contributed by atoms with van der Waals surface area (Å²) in [6.45, 7) is 0. The Morgan fingerprint density at radius 1 is 0.246 bits per heavy atom. The molecule has 0 aliphatic rings. The second-order valence-electron chi connectivity index (χ2n) is 17.9. The van der Waals surface area contributed by atoms with E-state index in [2.05, 4.69) is 187 Å². The Kier molecular flexibility index (Phi) is 8.37. The highest BCUT2D eigenvalue weighted by Crippen LogP contribution is 2.44. The summed E-state index contributed by atoms with van der Waals surface area (Å²) < 4.78 is 7.79. The number of benzene rings is 11. The number of aromatic nitrogens is 4. The van der Waals surface area contributed by atoms with Crippen molar-refractivity contribution < 1.29 is 0 Å². The van der Waals surface area contributed by atoms with Crippen molar-refractivity contribution in [3.8, 4) is 51.0 Å². The van der Waals surface area contributed by atoms with E-state index in [4.69, 9.17) is 15.0 Å². The van der Waals surface area contributed by atoms with Gasteiger partial charge in [-0.25, -0.2) is 15.0 Å². The van der Waals surface area contributed by atoms with Gasteiger partial charge in [0.2, 0.25) is 0 Å². The maximum atomic E-state index is 5.07. The molecule has 0 atom stereocenters. The molecule has 0 spiro atoms. The molecule has 0 aliphatic heterocycles. The number of hydrogen-bond donors (Lipinski definition) is 0. The van der Waals surface area contributed by atoms with Crippen molar-refractivity contribution in [1.29, 1.82) is 0 Å². The number of thiophene rings is 2. The van der Waals surface area contributed by atoms with Gasteiger partial charge in [-0.3, -0.25) is 0 Å². The number of fused-ring (bicyclic) bond motifs is 15. The lowest BCUT2D eigenvalue weighted by Gasteiger charge is -2.15. The van der Waals surface area contributed by atoms with Crippen molar-refractivity contribution in [2.45, 2.75) is 0 Å². The van der Waals surface area contributed by atoms with E-state index >= 15 is 0 Å². The molecular formula is C63H36N4S2. The SMILES string of the molecule is c1ccc(-c2nc(-c3ccccc3)nc(-c3ccc4c5ccc(-n6c7ccccc7c7cc(-c8ccc9sc%10cc%11c(cc%10c9c8)sc8ccccc8%11)ccc76)cc5c5ccccc5c4c3)n2)cc1. The minimum Gasteiger partial charge on any atom is -0.309 e. The Bertz CT molecular complexity index is 4530. The molecule has 0 saturated heterocycles. The number of para-hydroxylation sites is 1. The third-order valence-corrected chi connectivity index (χ3v) is 16.3. The van der Waals surface area contributed by atoms with Crippen LogP contribution in [0.3, 0.4) is 0 Å². The molecule has 0 N–H and O–H groups in total. The van der Waals surface area contributed by atoms with Gasteiger partial charge in [-0.05, 0) is 110 Å². The standard InChI is InChI=1S/C63H36N4S2/c1-3-13-37(14-4-1)61-64-62(38-15-5-2-6-16-38)66-63(65-61)41-23-27-45-46-28-26-42(34-50(46)44-18-8-7-17-43(44)49(45)33-41)67-55-21-11-9-19-47(55)51-31-39(24-29-56(51)67)40-25-30-58-52(32-40)54-36-59-53(35-60(54)69-58)48-20-10-12-22-57(48)68-59/h1-36H. The molecule has 11 aromatic carbocycles. The third kappa shape index (κ3) is 6.03. The second-order valence-corrected chi connectivity index (χ2v) is 20.1. The van der Waals surface area contributed by atoms with Crippen LogP contribution in [-0.2, 0) is 0 Å². The van der Waals surface area contributed by atoms with Crippen molar-refractivity contribution in [2.75, 3.05) is 0 Å². The number of hydrogen-bond acceptors (Lipinski definition) is 5. The van der Waals surface area contributed by atoms with Crippen molar-refractivity contribution >= 4 is 117 Å². The molecule has 320 valence electrons. The van der Waals surface area contributed by atoms with E-state index in [1.54, 1.807) is 0 Å². The van der Waals surface area contributed by atoms with Gasteiger partial charge in [0.25, 0.3) is 0 Å². The number of nitrogens with zero attached hydrogens (tertiary/aromatic N) is 4. The molecule has 0 fully saturated rings.